The molecular formula is C21H24N2O3S. The molecule has 142 valence electrons. The third-order valence-electron chi connectivity index (χ3n) is 5.28. The summed E-state index contributed by atoms with van der Waals surface area (Å²) in [6.07, 6.45) is 3.80. The van der Waals surface area contributed by atoms with Crippen LogP contribution in [0.3, 0.4) is 0 Å². The number of aryl methyl sites for hydroxylation is 2. The van der Waals surface area contributed by atoms with E-state index in [-0.39, 0.29) is 17.6 Å². The number of sulfonamides is 1. The molecule has 4 rings (SSSR count). The van der Waals surface area contributed by atoms with Crippen LogP contribution in [0.1, 0.15) is 36.0 Å². The molecule has 1 heterocycles. The monoisotopic (exact) mass is 384 g/mol. The van der Waals surface area contributed by atoms with Gasteiger partial charge in [-0.1, -0.05) is 30.3 Å². The standard InChI is InChI=1S/C21H24N2O3S/c1-15-5-2-3-6-18(15)14-27(25,26)22-19-11-10-16-7-4-12-23(20(16)13-19)21(24)17-8-9-17/h2-3,5-6,10-11,13,17,22H,4,7-9,12,14H2,1H3. The quantitative estimate of drug-likeness (QED) is 0.856. The van der Waals surface area contributed by atoms with Gasteiger partial charge in [0.25, 0.3) is 0 Å². The smallest absolute Gasteiger partial charge is 0.236 e. The van der Waals surface area contributed by atoms with Gasteiger partial charge in [0.2, 0.25) is 15.9 Å². The van der Waals surface area contributed by atoms with Crippen molar-refractivity contribution in [3.8, 4) is 0 Å². The summed E-state index contributed by atoms with van der Waals surface area (Å²) in [7, 11) is -3.53. The van der Waals surface area contributed by atoms with Crippen LogP contribution in [0.2, 0.25) is 0 Å². The summed E-state index contributed by atoms with van der Waals surface area (Å²) in [6, 6.07) is 13.0. The van der Waals surface area contributed by atoms with E-state index in [4.69, 9.17) is 0 Å². The second-order valence-electron chi connectivity index (χ2n) is 7.50. The van der Waals surface area contributed by atoms with Crippen molar-refractivity contribution in [1.82, 2.24) is 0 Å². The van der Waals surface area contributed by atoms with Crippen molar-refractivity contribution in [2.75, 3.05) is 16.2 Å². The lowest BCUT2D eigenvalue weighted by Crippen LogP contribution is -2.36. The van der Waals surface area contributed by atoms with Crippen LogP contribution >= 0.6 is 0 Å². The highest BCUT2D eigenvalue weighted by molar-refractivity contribution is 7.91. The number of hydrogen-bond acceptors (Lipinski definition) is 3. The highest BCUT2D eigenvalue weighted by Gasteiger charge is 2.35. The number of hydrogen-bond donors (Lipinski definition) is 1. The Kier molecular flexibility index (Phi) is 4.68. The van der Waals surface area contributed by atoms with Crippen molar-refractivity contribution in [2.45, 2.75) is 38.4 Å². The number of fused-ring (bicyclic) bond motifs is 1. The number of benzene rings is 2. The van der Waals surface area contributed by atoms with Crippen LogP contribution in [0.15, 0.2) is 42.5 Å². The van der Waals surface area contributed by atoms with Crippen molar-refractivity contribution in [2.24, 2.45) is 5.92 Å². The molecule has 0 unspecified atom stereocenters. The highest BCUT2D eigenvalue weighted by Crippen LogP contribution is 2.37. The van der Waals surface area contributed by atoms with E-state index in [1.54, 1.807) is 6.07 Å². The molecule has 5 nitrogen and oxygen atoms in total. The third kappa shape index (κ3) is 4.00. The van der Waals surface area contributed by atoms with Gasteiger partial charge in [0, 0.05) is 18.2 Å². The topological polar surface area (TPSA) is 66.5 Å². The molecule has 1 N–H and O–H groups in total. The first-order valence-corrected chi connectivity index (χ1v) is 11.1. The molecular weight excluding hydrogens is 360 g/mol. The van der Waals surface area contributed by atoms with Gasteiger partial charge in [0.1, 0.15) is 0 Å². The largest absolute Gasteiger partial charge is 0.312 e. The fraction of sp³-hybridized carbons (Fsp3) is 0.381. The first-order valence-electron chi connectivity index (χ1n) is 9.42. The summed E-state index contributed by atoms with van der Waals surface area (Å²) in [5.41, 5.74) is 4.21. The molecule has 0 radical (unpaired) electrons. The average molecular weight is 385 g/mol. The van der Waals surface area contributed by atoms with Gasteiger partial charge in [0.15, 0.2) is 0 Å². The predicted molar refractivity (Wildman–Crippen MR) is 107 cm³/mol. The Morgan fingerprint density at radius 3 is 2.70 bits per heavy atom. The summed E-state index contributed by atoms with van der Waals surface area (Å²) >= 11 is 0. The van der Waals surface area contributed by atoms with E-state index < -0.39 is 10.0 Å². The molecule has 1 saturated carbocycles. The number of carbonyl (C=O) groups excluding carboxylic acids is 1. The van der Waals surface area contributed by atoms with Crippen molar-refractivity contribution in [1.29, 1.82) is 0 Å². The zero-order chi connectivity index (χ0) is 19.0. The van der Waals surface area contributed by atoms with Crippen LogP contribution < -0.4 is 9.62 Å². The lowest BCUT2D eigenvalue weighted by molar-refractivity contribution is -0.119. The lowest BCUT2D eigenvalue weighted by Gasteiger charge is -2.30. The molecule has 0 aromatic heterocycles. The Hall–Kier alpha value is -2.34. The maximum atomic E-state index is 12.6. The van der Waals surface area contributed by atoms with Crippen molar-refractivity contribution >= 4 is 27.3 Å². The number of anilines is 2. The molecule has 0 atom stereocenters. The number of carbonyl (C=O) groups is 1. The molecule has 1 aliphatic carbocycles. The fourth-order valence-corrected chi connectivity index (χ4v) is 4.90. The predicted octanol–water partition coefficient (Wildman–Crippen LogP) is 3.63. The Morgan fingerprint density at radius 2 is 1.96 bits per heavy atom. The van der Waals surface area contributed by atoms with Gasteiger partial charge in [-0.2, -0.15) is 0 Å². The number of nitrogens with one attached hydrogen (secondary N) is 1. The second-order valence-corrected chi connectivity index (χ2v) is 9.22. The van der Waals surface area contributed by atoms with Gasteiger partial charge in [0.05, 0.1) is 11.4 Å². The molecule has 2 aromatic carbocycles. The van der Waals surface area contributed by atoms with Gasteiger partial charge >= 0.3 is 0 Å². The van der Waals surface area contributed by atoms with E-state index in [0.717, 1.165) is 48.1 Å². The second kappa shape index (κ2) is 7.00. The van der Waals surface area contributed by atoms with Crippen LogP contribution in [-0.2, 0) is 27.0 Å². The van der Waals surface area contributed by atoms with Crippen molar-refractivity contribution in [3.05, 3.63) is 59.2 Å². The molecule has 0 spiro atoms. The van der Waals surface area contributed by atoms with Gasteiger partial charge in [-0.3, -0.25) is 9.52 Å². The molecule has 2 aliphatic rings. The molecule has 1 aliphatic heterocycles. The summed E-state index contributed by atoms with van der Waals surface area (Å²) < 4.78 is 27.9. The van der Waals surface area contributed by atoms with Crippen molar-refractivity contribution in [3.63, 3.8) is 0 Å². The Bertz CT molecular complexity index is 981. The Labute approximate surface area is 160 Å². The SMILES string of the molecule is Cc1ccccc1CS(=O)(=O)Nc1ccc2c(c1)N(C(=O)C1CC1)CCC2. The first-order chi connectivity index (χ1) is 12.9. The fourth-order valence-electron chi connectivity index (χ4n) is 3.61. The third-order valence-corrected chi connectivity index (χ3v) is 6.51. The van der Waals surface area contributed by atoms with Crippen molar-refractivity contribution < 1.29 is 13.2 Å². The lowest BCUT2D eigenvalue weighted by atomic mass is 10.0. The number of nitrogens with zero attached hydrogens (tertiary/aromatic N) is 1. The van der Waals surface area contributed by atoms with Gasteiger partial charge in [-0.05, 0) is 61.4 Å². The molecule has 6 heteroatoms. The highest BCUT2D eigenvalue weighted by atomic mass is 32.2. The Morgan fingerprint density at radius 1 is 1.19 bits per heavy atom. The summed E-state index contributed by atoms with van der Waals surface area (Å²) in [5, 5.41) is 0. The zero-order valence-corrected chi connectivity index (χ0v) is 16.3. The van der Waals surface area contributed by atoms with E-state index >= 15 is 0 Å². The van der Waals surface area contributed by atoms with E-state index in [9.17, 15) is 13.2 Å². The van der Waals surface area contributed by atoms with Gasteiger partial charge in [-0.15, -0.1) is 0 Å². The Balaban J connectivity index is 1.57. The minimum Gasteiger partial charge on any atom is -0.312 e. The van der Waals surface area contributed by atoms with E-state index in [0.29, 0.717) is 12.2 Å². The summed E-state index contributed by atoms with van der Waals surface area (Å²) in [5.74, 6) is 0.259. The van der Waals surface area contributed by atoms with Crippen LogP contribution in [0, 0.1) is 12.8 Å². The van der Waals surface area contributed by atoms with E-state index in [1.165, 1.54) is 0 Å². The maximum Gasteiger partial charge on any atom is 0.236 e. The molecule has 27 heavy (non-hydrogen) atoms. The first kappa shape index (κ1) is 18.0. The average Bonchev–Trinajstić information content (AvgIpc) is 3.47. The van der Waals surface area contributed by atoms with E-state index in [2.05, 4.69) is 4.72 Å². The summed E-state index contributed by atoms with van der Waals surface area (Å²) in [6.45, 7) is 2.62. The minimum atomic E-state index is -3.53. The van der Waals surface area contributed by atoms with Crippen LogP contribution in [0.5, 0.6) is 0 Å². The molecule has 2 aromatic rings. The molecule has 0 saturated heterocycles. The minimum absolute atomic E-state index is 0.0680. The number of amides is 1. The summed E-state index contributed by atoms with van der Waals surface area (Å²) in [4.78, 5) is 14.4. The van der Waals surface area contributed by atoms with Gasteiger partial charge < -0.3 is 4.90 Å². The maximum absolute atomic E-state index is 12.6. The van der Waals surface area contributed by atoms with Crippen LogP contribution in [-0.4, -0.2) is 20.9 Å². The van der Waals surface area contributed by atoms with Crippen LogP contribution in [0.25, 0.3) is 0 Å². The zero-order valence-electron chi connectivity index (χ0n) is 15.4. The van der Waals surface area contributed by atoms with Gasteiger partial charge in [-0.25, -0.2) is 8.42 Å². The molecule has 1 fully saturated rings. The van der Waals surface area contributed by atoms with E-state index in [1.807, 2.05) is 48.2 Å². The number of rotatable bonds is 5. The molecule has 0 bridgehead atoms. The molecule has 1 amide bonds. The normalized spacial score (nSPS) is 16.7. The van der Waals surface area contributed by atoms with Crippen LogP contribution in [0.4, 0.5) is 11.4 Å².